The molecule has 0 saturated carbocycles. The Morgan fingerprint density at radius 3 is 1.91 bits per heavy atom. The van der Waals surface area contributed by atoms with Crippen molar-refractivity contribution in [3.8, 4) is 0 Å². The smallest absolute Gasteiger partial charge is 0.308 e. The van der Waals surface area contributed by atoms with Crippen LogP contribution >= 0.6 is 0 Å². The van der Waals surface area contributed by atoms with Crippen molar-refractivity contribution in [3.05, 3.63) is 0 Å². The van der Waals surface area contributed by atoms with E-state index in [0.717, 1.165) is 6.42 Å². The number of aliphatic carboxylic acids is 1. The third-order valence-electron chi connectivity index (χ3n) is 18.0. The summed E-state index contributed by atoms with van der Waals surface area (Å²) in [5.74, 6) is -6.49. The number of hydrogen-bond acceptors (Lipinski definition) is 17. The third kappa shape index (κ3) is 11.8. The number of hydrogen-bond donors (Lipinski definition) is 5. The van der Waals surface area contributed by atoms with Gasteiger partial charge in [-0.1, -0.05) is 34.6 Å². The van der Waals surface area contributed by atoms with Gasteiger partial charge in [0.05, 0.1) is 97.0 Å². The van der Waals surface area contributed by atoms with Crippen molar-refractivity contribution in [2.24, 2.45) is 29.6 Å². The lowest BCUT2D eigenvalue weighted by Gasteiger charge is -2.54. The number of rotatable bonds is 18. The van der Waals surface area contributed by atoms with E-state index in [-0.39, 0.29) is 48.8 Å². The molecule has 7 saturated heterocycles. The molecule has 7 fully saturated rings. The van der Waals surface area contributed by atoms with Crippen molar-refractivity contribution in [2.45, 2.75) is 273 Å². The van der Waals surface area contributed by atoms with Crippen molar-refractivity contribution in [1.82, 2.24) is 0 Å². The van der Waals surface area contributed by atoms with Crippen molar-refractivity contribution in [3.63, 3.8) is 0 Å². The molecule has 0 aromatic carbocycles. The van der Waals surface area contributed by atoms with E-state index in [1.807, 2.05) is 48.5 Å². The van der Waals surface area contributed by atoms with E-state index < -0.39 is 127 Å². The van der Waals surface area contributed by atoms with Crippen molar-refractivity contribution < 1.29 is 87.2 Å². The first-order chi connectivity index (χ1) is 32.9. The molecule has 7 aliphatic heterocycles. The maximum atomic E-state index is 12.3. The number of aliphatic hydroxyl groups excluding tert-OH is 3. The highest BCUT2D eigenvalue weighted by atomic mass is 16.7. The van der Waals surface area contributed by atoms with Gasteiger partial charge in [0.25, 0.3) is 0 Å². The minimum atomic E-state index is -2.13. The van der Waals surface area contributed by atoms with Crippen molar-refractivity contribution in [1.29, 1.82) is 0 Å². The first-order valence-corrected chi connectivity index (χ1v) is 26.5. The molecule has 1 spiro atoms. The lowest BCUT2D eigenvalue weighted by molar-refractivity contribution is -0.377. The fraction of sp³-hybridized carbons (Fsp3) is 0.981. The zero-order chi connectivity index (χ0) is 51.2. The van der Waals surface area contributed by atoms with Gasteiger partial charge in [0, 0.05) is 71.2 Å². The van der Waals surface area contributed by atoms with Crippen LogP contribution in [0.4, 0.5) is 0 Å². The van der Waals surface area contributed by atoms with Crippen LogP contribution in [0.1, 0.15) is 146 Å². The summed E-state index contributed by atoms with van der Waals surface area (Å²) >= 11 is 0. The SMILES string of the molecule is CO[C@@H]1[C@@H](O[C@H]2CC[C@H](OC)[C@@H](C)O2)[C@H](C)[C@@](O)(CC(=O)O)O[C@H]1[C@H](C)[C@H]1O[C@@]2(CC[C@@](C)([C@H]3CC[C@@](C)([C@@H]4O[C@@H]([C@@H](O)[C@@H](C)C[C@@H](C)C(C)O)C[C@@H]4O[C@H]4CC[C@H](OC)[C@@H](C)O4)O3)O2)C[C@H](O)[C@H]1C. The Kier molecular flexibility index (Phi) is 18.2. The molecule has 0 aromatic rings. The summed E-state index contributed by atoms with van der Waals surface area (Å²) < 4.78 is 78.0. The van der Waals surface area contributed by atoms with E-state index >= 15 is 0 Å². The van der Waals surface area contributed by atoms with Gasteiger partial charge in [-0.2, -0.15) is 0 Å². The summed E-state index contributed by atoms with van der Waals surface area (Å²) in [5.41, 5.74) is -1.65. The highest BCUT2D eigenvalue weighted by Crippen LogP contribution is 2.54. The normalized spacial score (nSPS) is 49.1. The zero-order valence-electron chi connectivity index (χ0n) is 44.2. The number of ether oxygens (including phenoxy) is 12. The molecule has 0 aliphatic carbocycles. The van der Waals surface area contributed by atoms with Crippen LogP contribution in [0.5, 0.6) is 0 Å². The Morgan fingerprint density at radius 1 is 0.714 bits per heavy atom. The number of carboxylic acid groups (broad SMARTS) is 1. The maximum absolute atomic E-state index is 12.3. The molecule has 0 amide bonds. The molecule has 7 aliphatic rings. The van der Waals surface area contributed by atoms with Crippen LogP contribution in [0.2, 0.25) is 0 Å². The van der Waals surface area contributed by atoms with Gasteiger partial charge in [-0.3, -0.25) is 4.79 Å². The van der Waals surface area contributed by atoms with Crippen LogP contribution in [-0.4, -0.2) is 180 Å². The highest BCUT2D eigenvalue weighted by Gasteiger charge is 2.63. The lowest BCUT2D eigenvalue weighted by Crippen LogP contribution is -2.66. The Balaban J connectivity index is 1.07. The summed E-state index contributed by atoms with van der Waals surface area (Å²) in [4.78, 5) is 12.3. The van der Waals surface area contributed by atoms with E-state index in [0.29, 0.717) is 57.8 Å². The highest BCUT2D eigenvalue weighted by molar-refractivity contribution is 5.68. The maximum Gasteiger partial charge on any atom is 0.308 e. The molecule has 70 heavy (non-hydrogen) atoms. The Morgan fingerprint density at radius 2 is 1.34 bits per heavy atom. The lowest BCUT2D eigenvalue weighted by atomic mass is 9.75. The summed E-state index contributed by atoms with van der Waals surface area (Å²) in [6.07, 6.45) is -3.29. The molecule has 7 rings (SSSR count). The molecular formula is C52H90O18. The van der Waals surface area contributed by atoms with E-state index in [4.69, 9.17) is 56.8 Å². The predicted octanol–water partition coefficient (Wildman–Crippen LogP) is 5.24. The molecule has 18 heteroatoms. The van der Waals surface area contributed by atoms with Gasteiger partial charge < -0.3 is 82.4 Å². The first kappa shape index (κ1) is 56.6. The van der Waals surface area contributed by atoms with Crippen molar-refractivity contribution >= 4 is 5.97 Å². The second-order valence-electron chi connectivity index (χ2n) is 23.1. The number of carbonyl (C=O) groups is 1. The van der Waals surface area contributed by atoms with Crippen LogP contribution in [-0.2, 0) is 61.6 Å². The summed E-state index contributed by atoms with van der Waals surface area (Å²) in [6.45, 7) is 19.3. The van der Waals surface area contributed by atoms with E-state index in [2.05, 4.69) is 6.92 Å². The van der Waals surface area contributed by atoms with Crippen LogP contribution in [0, 0.1) is 29.6 Å². The van der Waals surface area contributed by atoms with Crippen LogP contribution in [0.15, 0.2) is 0 Å². The average Bonchev–Trinajstić information content (AvgIpc) is 4.02. The van der Waals surface area contributed by atoms with Crippen LogP contribution in [0.3, 0.4) is 0 Å². The van der Waals surface area contributed by atoms with Crippen LogP contribution < -0.4 is 0 Å². The first-order valence-electron chi connectivity index (χ1n) is 26.5. The third-order valence-corrected chi connectivity index (χ3v) is 18.0. The van der Waals surface area contributed by atoms with E-state index in [1.54, 1.807) is 35.2 Å². The molecule has 26 atom stereocenters. The molecule has 7 heterocycles. The fourth-order valence-electron chi connectivity index (χ4n) is 13.2. The summed E-state index contributed by atoms with van der Waals surface area (Å²) in [6, 6.07) is 0. The van der Waals surface area contributed by atoms with E-state index in [9.17, 15) is 30.3 Å². The second kappa shape index (κ2) is 22.6. The van der Waals surface area contributed by atoms with Gasteiger partial charge in [0.1, 0.15) is 12.2 Å². The van der Waals surface area contributed by atoms with Crippen molar-refractivity contribution in [2.75, 3.05) is 21.3 Å². The molecule has 1 unspecified atom stereocenters. The fourth-order valence-corrected chi connectivity index (χ4v) is 13.2. The minimum Gasteiger partial charge on any atom is -0.481 e. The monoisotopic (exact) mass is 1000 g/mol. The Hall–Kier alpha value is -1.17. The predicted molar refractivity (Wildman–Crippen MR) is 252 cm³/mol. The quantitative estimate of drug-likeness (QED) is 0.118. The second-order valence-corrected chi connectivity index (χ2v) is 23.1. The van der Waals surface area contributed by atoms with Gasteiger partial charge in [-0.25, -0.2) is 0 Å². The molecule has 18 nitrogen and oxygen atoms in total. The van der Waals surface area contributed by atoms with E-state index in [1.165, 1.54) is 0 Å². The molecule has 406 valence electrons. The van der Waals surface area contributed by atoms with Gasteiger partial charge in [-0.05, 0) is 85.0 Å². The Labute approximate surface area is 416 Å². The molecule has 0 aromatic heterocycles. The largest absolute Gasteiger partial charge is 0.481 e. The van der Waals surface area contributed by atoms with Gasteiger partial charge in [0.15, 0.2) is 24.2 Å². The zero-order valence-corrected chi connectivity index (χ0v) is 44.2. The summed E-state index contributed by atoms with van der Waals surface area (Å²) in [7, 11) is 4.88. The topological polar surface area (TPSA) is 229 Å². The molecule has 0 bridgehead atoms. The number of methoxy groups -OCH3 is 3. The Bertz CT molecular complexity index is 1710. The number of carboxylic acids is 1. The standard InChI is InChI=1S/C52H90O18/c1-26(31(6)53)22-27(2)43(57)37-23-38(64-41-16-14-35(59-11)32(7)62-41)48(65-37)50(10)19-18-39(67-50)49(9)20-21-51(70-49)24-34(54)28(3)44(68-51)29(4)45-47(61-13)46(30(5)52(58,69-45)25-40(55)56)66-42-17-15-36(60-12)33(8)63-42/h26-39,41-48,53-54,57-58H,14-25H2,1-13H3,(H,55,56)/t26-,27+,28-,29-,30+,31?,32-,33-,34+,35+,36+,37-,38+,39-,41+,42+,43+,44+,45+,46+,47+,48-,49+,50+,51-,52-/m1/s1. The average molecular weight is 1000 g/mol. The number of aliphatic hydroxyl groups is 4. The van der Waals surface area contributed by atoms with Crippen LogP contribution in [0.25, 0.3) is 0 Å². The molecule has 0 radical (unpaired) electrons. The van der Waals surface area contributed by atoms with Gasteiger partial charge in [0.2, 0.25) is 0 Å². The summed E-state index contributed by atoms with van der Waals surface area (Å²) in [5, 5.41) is 56.0. The minimum absolute atomic E-state index is 0.00107. The molecular weight excluding hydrogens is 913 g/mol. The van der Waals surface area contributed by atoms with Gasteiger partial charge in [-0.15, -0.1) is 0 Å². The molecule has 5 N–H and O–H groups in total. The van der Waals surface area contributed by atoms with Gasteiger partial charge >= 0.3 is 5.97 Å².